The fourth-order valence-corrected chi connectivity index (χ4v) is 4.77. The fourth-order valence-electron chi connectivity index (χ4n) is 2.97. The number of imidazole rings is 1. The lowest BCUT2D eigenvalue weighted by molar-refractivity contribution is -0.402. The van der Waals surface area contributed by atoms with E-state index in [2.05, 4.69) is 16.4 Å². The molecular weight excluding hydrogens is 485 g/mol. The standard InChI is InChI=1S/C20H15Cl3N2OS.NO3/c21-14-4-5-16(18(23)8-14)19(9-25-7-6-24-12-25)26-10-13-11-27-20-15(13)2-1-3-17(20)22;2-1(3)4/h1-8,11-12,19H,9-10H2;/q;-1. The number of rotatable bonds is 6. The Balaban J connectivity index is 0.000000628. The van der Waals surface area contributed by atoms with Gasteiger partial charge in [0.15, 0.2) is 0 Å². The maximum Gasteiger partial charge on any atom is 0.102 e. The highest BCUT2D eigenvalue weighted by atomic mass is 35.5. The third-order valence-corrected chi connectivity index (χ3v) is 6.38. The van der Waals surface area contributed by atoms with Gasteiger partial charge < -0.3 is 24.6 Å². The summed E-state index contributed by atoms with van der Waals surface area (Å²) in [5, 5.41) is 19.9. The van der Waals surface area contributed by atoms with E-state index in [1.807, 2.05) is 35.0 Å². The summed E-state index contributed by atoms with van der Waals surface area (Å²) in [6.07, 6.45) is 5.17. The van der Waals surface area contributed by atoms with Gasteiger partial charge in [-0.05, 0) is 34.5 Å². The highest BCUT2D eigenvalue weighted by Crippen LogP contribution is 2.35. The Morgan fingerprint density at radius 3 is 2.61 bits per heavy atom. The number of hydrogen-bond acceptors (Lipinski definition) is 6. The Hall–Kier alpha value is -2.36. The predicted molar refractivity (Wildman–Crippen MR) is 123 cm³/mol. The molecule has 0 radical (unpaired) electrons. The van der Waals surface area contributed by atoms with Gasteiger partial charge in [-0.3, -0.25) is 0 Å². The van der Waals surface area contributed by atoms with E-state index in [-0.39, 0.29) is 6.10 Å². The molecule has 1 atom stereocenters. The molecule has 0 saturated carbocycles. The minimum atomic E-state index is -1.75. The summed E-state index contributed by atoms with van der Waals surface area (Å²) >= 11 is 20.4. The van der Waals surface area contributed by atoms with Crippen molar-refractivity contribution < 1.29 is 9.82 Å². The highest BCUT2D eigenvalue weighted by Gasteiger charge is 2.18. The van der Waals surface area contributed by atoms with E-state index in [0.717, 1.165) is 26.2 Å². The molecule has 162 valence electrons. The molecule has 0 saturated heterocycles. The minimum absolute atomic E-state index is 0.238. The Morgan fingerprint density at radius 2 is 1.94 bits per heavy atom. The summed E-state index contributed by atoms with van der Waals surface area (Å²) in [4.78, 5) is 12.4. The molecule has 0 fully saturated rings. The zero-order chi connectivity index (χ0) is 22.4. The first-order valence-corrected chi connectivity index (χ1v) is 10.8. The van der Waals surface area contributed by atoms with Crippen LogP contribution in [0.5, 0.6) is 0 Å². The summed E-state index contributed by atoms with van der Waals surface area (Å²) < 4.78 is 9.35. The van der Waals surface area contributed by atoms with Crippen LogP contribution in [0.2, 0.25) is 15.1 Å². The monoisotopic (exact) mass is 498 g/mol. The van der Waals surface area contributed by atoms with Crippen LogP contribution in [0.4, 0.5) is 0 Å². The molecule has 7 nitrogen and oxygen atoms in total. The van der Waals surface area contributed by atoms with Crippen LogP contribution in [0.25, 0.3) is 10.1 Å². The van der Waals surface area contributed by atoms with Gasteiger partial charge in [-0.1, -0.05) is 53.0 Å². The third-order valence-electron chi connectivity index (χ3n) is 4.32. The molecular formula is C20H15Cl3N3O4S-. The molecule has 0 N–H and O–H groups in total. The second kappa shape index (κ2) is 10.8. The van der Waals surface area contributed by atoms with Crippen LogP contribution >= 0.6 is 46.1 Å². The van der Waals surface area contributed by atoms with E-state index in [0.29, 0.717) is 23.2 Å². The molecule has 0 aliphatic heterocycles. The molecule has 31 heavy (non-hydrogen) atoms. The van der Waals surface area contributed by atoms with Crippen molar-refractivity contribution in [3.8, 4) is 0 Å². The van der Waals surface area contributed by atoms with Crippen LogP contribution in [0, 0.1) is 15.3 Å². The first kappa shape index (κ1) is 23.3. The van der Waals surface area contributed by atoms with E-state index in [9.17, 15) is 0 Å². The average Bonchev–Trinajstić information content (AvgIpc) is 3.35. The van der Waals surface area contributed by atoms with Crippen molar-refractivity contribution >= 4 is 56.2 Å². The number of aromatic nitrogens is 2. The molecule has 0 spiro atoms. The predicted octanol–water partition coefficient (Wildman–Crippen LogP) is 6.78. The summed E-state index contributed by atoms with van der Waals surface area (Å²) in [6, 6.07) is 11.4. The molecule has 0 amide bonds. The van der Waals surface area contributed by atoms with Crippen LogP contribution < -0.4 is 0 Å². The smallest absolute Gasteiger partial charge is 0.102 e. The maximum atomic E-state index is 8.25. The zero-order valence-electron chi connectivity index (χ0n) is 15.8. The summed E-state index contributed by atoms with van der Waals surface area (Å²) in [7, 11) is 0. The Labute approximate surface area is 196 Å². The van der Waals surface area contributed by atoms with Gasteiger partial charge in [0.1, 0.15) is 6.10 Å². The molecule has 2 aromatic heterocycles. The van der Waals surface area contributed by atoms with Crippen LogP contribution in [-0.4, -0.2) is 14.6 Å². The van der Waals surface area contributed by atoms with E-state index in [4.69, 9.17) is 54.9 Å². The lowest BCUT2D eigenvalue weighted by Gasteiger charge is -2.20. The summed E-state index contributed by atoms with van der Waals surface area (Å²) in [6.45, 7) is 1.06. The Bertz CT molecular complexity index is 1160. The van der Waals surface area contributed by atoms with Crippen molar-refractivity contribution in [2.75, 3.05) is 0 Å². The number of thiophene rings is 1. The number of benzene rings is 2. The topological polar surface area (TPSA) is 93.2 Å². The molecule has 4 aromatic rings. The minimum Gasteiger partial charge on any atom is -0.367 e. The Morgan fingerprint density at radius 1 is 1.16 bits per heavy atom. The van der Waals surface area contributed by atoms with Crippen LogP contribution in [0.3, 0.4) is 0 Å². The first-order chi connectivity index (χ1) is 14.8. The van der Waals surface area contributed by atoms with Gasteiger partial charge in [0.2, 0.25) is 0 Å². The lowest BCUT2D eigenvalue weighted by atomic mass is 10.1. The maximum absolute atomic E-state index is 8.25. The van der Waals surface area contributed by atoms with Crippen LogP contribution in [-0.2, 0) is 17.9 Å². The van der Waals surface area contributed by atoms with E-state index in [1.165, 1.54) is 0 Å². The van der Waals surface area contributed by atoms with Crippen LogP contribution in [0.15, 0.2) is 60.5 Å². The van der Waals surface area contributed by atoms with Crippen molar-refractivity contribution in [1.29, 1.82) is 0 Å². The number of fused-ring (bicyclic) bond motifs is 1. The fraction of sp³-hybridized carbons (Fsp3) is 0.150. The molecule has 0 bridgehead atoms. The molecule has 2 heterocycles. The second-order valence-electron chi connectivity index (χ2n) is 6.33. The molecule has 1 unspecified atom stereocenters. The number of nitrogens with zero attached hydrogens (tertiary/aromatic N) is 3. The largest absolute Gasteiger partial charge is 0.367 e. The molecule has 4 rings (SSSR count). The SMILES string of the molecule is Clc1ccc(C(Cn2ccnc2)OCc2csc3c(Cl)cccc23)c(Cl)c1.O=[N+]([O-])[O-]. The quantitative estimate of drug-likeness (QED) is 0.215. The van der Waals surface area contributed by atoms with E-state index >= 15 is 0 Å². The van der Waals surface area contributed by atoms with Gasteiger partial charge >= 0.3 is 0 Å². The van der Waals surface area contributed by atoms with Crippen molar-refractivity contribution in [2.45, 2.75) is 19.3 Å². The van der Waals surface area contributed by atoms with Gasteiger partial charge in [0.25, 0.3) is 0 Å². The number of hydrogen-bond donors (Lipinski definition) is 0. The molecule has 11 heteroatoms. The number of ether oxygens (including phenoxy) is 1. The summed E-state index contributed by atoms with van der Waals surface area (Å²) in [5.41, 5.74) is 2.01. The van der Waals surface area contributed by atoms with E-state index in [1.54, 1.807) is 29.9 Å². The Kier molecular flexibility index (Phi) is 8.11. The van der Waals surface area contributed by atoms with Crippen molar-refractivity contribution in [1.82, 2.24) is 9.55 Å². The van der Waals surface area contributed by atoms with Gasteiger partial charge in [-0.2, -0.15) is 0 Å². The lowest BCUT2D eigenvalue weighted by Crippen LogP contribution is -2.12. The summed E-state index contributed by atoms with van der Waals surface area (Å²) in [5.74, 6) is 0. The third kappa shape index (κ3) is 6.32. The average molecular weight is 500 g/mol. The van der Waals surface area contributed by atoms with Gasteiger partial charge in [-0.25, -0.2) is 4.98 Å². The van der Waals surface area contributed by atoms with Gasteiger partial charge in [0.05, 0.1) is 34.3 Å². The van der Waals surface area contributed by atoms with Gasteiger partial charge in [-0.15, -0.1) is 11.3 Å². The molecule has 0 aliphatic carbocycles. The first-order valence-electron chi connectivity index (χ1n) is 8.83. The zero-order valence-corrected chi connectivity index (χ0v) is 18.9. The van der Waals surface area contributed by atoms with E-state index < -0.39 is 5.09 Å². The van der Waals surface area contributed by atoms with Crippen molar-refractivity contribution in [3.63, 3.8) is 0 Å². The number of halogens is 3. The highest BCUT2D eigenvalue weighted by molar-refractivity contribution is 7.18. The second-order valence-corrected chi connectivity index (χ2v) is 8.46. The molecule has 2 aromatic carbocycles. The molecule has 0 aliphatic rings. The normalized spacial score (nSPS) is 11.7. The van der Waals surface area contributed by atoms with Crippen molar-refractivity contribution in [2.24, 2.45) is 0 Å². The van der Waals surface area contributed by atoms with Crippen LogP contribution in [0.1, 0.15) is 17.2 Å². The van der Waals surface area contributed by atoms with Crippen molar-refractivity contribution in [3.05, 3.63) is 102 Å². The van der Waals surface area contributed by atoms with Gasteiger partial charge in [0, 0.05) is 28.0 Å².